The van der Waals surface area contributed by atoms with E-state index >= 15 is 0 Å². The van der Waals surface area contributed by atoms with Gasteiger partial charge in [-0.3, -0.25) is 0 Å². The number of nitrogens with two attached hydrogens (primary N) is 1. The summed E-state index contributed by atoms with van der Waals surface area (Å²) >= 11 is 0. The minimum Gasteiger partial charge on any atom is -0.427 e. The van der Waals surface area contributed by atoms with Gasteiger partial charge in [0.2, 0.25) is 0 Å². The zero-order chi connectivity index (χ0) is 7.11. The molecule has 0 rings (SSSR count). The third-order valence-corrected chi connectivity index (χ3v) is 1.17. The van der Waals surface area contributed by atoms with Gasteiger partial charge in [-0.15, -0.1) is 0 Å². The Morgan fingerprint density at radius 1 is 1.89 bits per heavy atom. The molecule has 0 aromatic rings. The fraction of sp³-hybridized carbons (Fsp3) is 0.800. The van der Waals surface area contributed by atoms with Gasteiger partial charge in [0.05, 0.1) is 6.73 Å². The van der Waals surface area contributed by atoms with Gasteiger partial charge in [0.25, 0.3) is 7.48 Å². The highest BCUT2D eigenvalue weighted by Crippen LogP contribution is 2.02. The van der Waals surface area contributed by atoms with Crippen LogP contribution >= 0.6 is 0 Å². The smallest absolute Gasteiger partial charge is 0.286 e. The van der Waals surface area contributed by atoms with E-state index in [1.807, 2.05) is 6.92 Å². The molecule has 0 saturated carbocycles. The van der Waals surface area contributed by atoms with Crippen molar-refractivity contribution in [1.82, 2.24) is 0 Å². The lowest BCUT2D eigenvalue weighted by atomic mass is 9.79. The van der Waals surface area contributed by atoms with E-state index in [2.05, 4.69) is 0 Å². The molecule has 2 N–H and O–H groups in total. The second-order valence-electron chi connectivity index (χ2n) is 1.84. The van der Waals surface area contributed by atoms with Crippen molar-refractivity contribution >= 4 is 13.8 Å². The minimum absolute atomic E-state index is 0.0218. The Labute approximate surface area is 55.8 Å². The molecular weight excluding hydrogens is 117 g/mol. The van der Waals surface area contributed by atoms with Gasteiger partial charge in [-0.2, -0.15) is 0 Å². The van der Waals surface area contributed by atoms with Crippen LogP contribution in [0.15, 0.2) is 0 Å². The van der Waals surface area contributed by atoms with Gasteiger partial charge in [-0.25, -0.2) is 0 Å². The molecular formula is C5H12BNO2. The van der Waals surface area contributed by atoms with Gasteiger partial charge in [0.1, 0.15) is 6.29 Å². The molecule has 0 radical (unpaired) electrons. The Kier molecular flexibility index (Phi) is 5.56. The molecule has 0 aliphatic heterocycles. The summed E-state index contributed by atoms with van der Waals surface area (Å²) in [6.45, 7) is 2.14. The Hall–Kier alpha value is -0.345. The lowest BCUT2D eigenvalue weighted by Gasteiger charge is -2.02. The highest BCUT2D eigenvalue weighted by Gasteiger charge is 2.05. The molecule has 0 aliphatic carbocycles. The highest BCUT2D eigenvalue weighted by molar-refractivity contribution is 6.35. The number of rotatable bonds is 5. The molecule has 0 spiro atoms. The molecule has 0 fully saturated rings. The van der Waals surface area contributed by atoms with Crippen LogP contribution in [-0.2, 0) is 9.45 Å². The standard InChI is InChI=1S/C5H12BNO2/c1-2-5(3-8)6-9-4-7/h3,5-6H,2,4,7H2,1H3/t5-/m0/s1. The Balaban J connectivity index is 3.20. The van der Waals surface area contributed by atoms with Crippen LogP contribution in [0.3, 0.4) is 0 Å². The predicted molar refractivity (Wildman–Crippen MR) is 37.4 cm³/mol. The molecule has 9 heavy (non-hydrogen) atoms. The van der Waals surface area contributed by atoms with E-state index in [0.29, 0.717) is 7.48 Å². The van der Waals surface area contributed by atoms with Gasteiger partial charge in [-0.1, -0.05) is 13.3 Å². The van der Waals surface area contributed by atoms with Crippen molar-refractivity contribution < 1.29 is 9.45 Å². The molecule has 0 saturated heterocycles. The summed E-state index contributed by atoms with van der Waals surface area (Å²) in [4.78, 5) is 10.1. The van der Waals surface area contributed by atoms with E-state index in [4.69, 9.17) is 10.4 Å². The van der Waals surface area contributed by atoms with Crippen molar-refractivity contribution in [2.75, 3.05) is 6.73 Å². The Bertz CT molecular complexity index is 79.4. The van der Waals surface area contributed by atoms with Crippen LogP contribution in [0.5, 0.6) is 0 Å². The summed E-state index contributed by atoms with van der Waals surface area (Å²) in [5.41, 5.74) is 5.05. The van der Waals surface area contributed by atoms with Crippen molar-refractivity contribution in [2.45, 2.75) is 19.2 Å². The highest BCUT2D eigenvalue weighted by atomic mass is 16.4. The summed E-state index contributed by atoms with van der Waals surface area (Å²) in [6.07, 6.45) is 1.72. The first-order valence-corrected chi connectivity index (χ1v) is 3.08. The van der Waals surface area contributed by atoms with Crippen LogP contribution in [-0.4, -0.2) is 20.5 Å². The number of carbonyl (C=O) groups excluding carboxylic acids is 1. The molecule has 1 atom stereocenters. The fourth-order valence-corrected chi connectivity index (χ4v) is 0.473. The van der Waals surface area contributed by atoms with E-state index in [1.165, 1.54) is 0 Å². The van der Waals surface area contributed by atoms with E-state index in [0.717, 1.165) is 12.7 Å². The van der Waals surface area contributed by atoms with Crippen molar-refractivity contribution in [2.24, 2.45) is 5.73 Å². The molecule has 0 aromatic heterocycles. The Morgan fingerprint density at radius 2 is 2.56 bits per heavy atom. The van der Waals surface area contributed by atoms with Gasteiger partial charge in [0.15, 0.2) is 0 Å². The normalized spacial score (nSPS) is 12.7. The number of carbonyl (C=O) groups is 1. The maximum absolute atomic E-state index is 10.1. The second-order valence-corrected chi connectivity index (χ2v) is 1.84. The summed E-state index contributed by atoms with van der Waals surface area (Å²) in [6, 6.07) is 0. The molecule has 0 amide bonds. The molecule has 0 aromatic carbocycles. The van der Waals surface area contributed by atoms with Gasteiger partial charge < -0.3 is 15.2 Å². The van der Waals surface area contributed by atoms with Gasteiger partial charge in [-0.05, 0) is 0 Å². The maximum Gasteiger partial charge on any atom is 0.286 e. The number of hydrogen-bond acceptors (Lipinski definition) is 3. The predicted octanol–water partition coefficient (Wildman–Crippen LogP) is -0.332. The lowest BCUT2D eigenvalue weighted by molar-refractivity contribution is -0.108. The van der Waals surface area contributed by atoms with Crippen LogP contribution in [0, 0.1) is 0 Å². The van der Waals surface area contributed by atoms with Crippen molar-refractivity contribution in [3.63, 3.8) is 0 Å². The summed E-state index contributed by atoms with van der Waals surface area (Å²) in [7, 11) is 0.455. The van der Waals surface area contributed by atoms with Crippen LogP contribution in [0.25, 0.3) is 0 Å². The van der Waals surface area contributed by atoms with Gasteiger partial charge >= 0.3 is 0 Å². The molecule has 3 nitrogen and oxygen atoms in total. The van der Waals surface area contributed by atoms with Gasteiger partial charge in [0, 0.05) is 5.82 Å². The first-order chi connectivity index (χ1) is 4.35. The third-order valence-electron chi connectivity index (χ3n) is 1.17. The number of hydrogen-bond donors (Lipinski definition) is 1. The fourth-order valence-electron chi connectivity index (χ4n) is 0.473. The summed E-state index contributed by atoms with van der Waals surface area (Å²) in [5, 5.41) is 0. The molecule has 0 heterocycles. The zero-order valence-electron chi connectivity index (χ0n) is 5.67. The van der Waals surface area contributed by atoms with Crippen LogP contribution in [0.2, 0.25) is 5.82 Å². The second kappa shape index (κ2) is 5.79. The van der Waals surface area contributed by atoms with E-state index < -0.39 is 0 Å². The van der Waals surface area contributed by atoms with Crippen molar-refractivity contribution in [3.05, 3.63) is 0 Å². The largest absolute Gasteiger partial charge is 0.427 e. The first-order valence-electron chi connectivity index (χ1n) is 3.08. The molecule has 52 valence electrons. The first kappa shape index (κ1) is 8.65. The average Bonchev–Trinajstić information content (AvgIpc) is 1.91. The quantitative estimate of drug-likeness (QED) is 0.314. The summed E-state index contributed by atoms with van der Waals surface area (Å²) < 4.78 is 4.82. The van der Waals surface area contributed by atoms with E-state index in [9.17, 15) is 4.79 Å². The van der Waals surface area contributed by atoms with Crippen molar-refractivity contribution in [1.29, 1.82) is 0 Å². The SMILES string of the molecule is CC[C@H](BOCN)C=O. The topological polar surface area (TPSA) is 52.3 Å². The minimum atomic E-state index is 0.0218. The zero-order valence-corrected chi connectivity index (χ0v) is 5.67. The average molecular weight is 129 g/mol. The summed E-state index contributed by atoms with van der Waals surface area (Å²) in [5.74, 6) is 0.0218. The molecule has 0 aliphatic rings. The molecule has 0 unspecified atom stereocenters. The van der Waals surface area contributed by atoms with Crippen LogP contribution in [0.4, 0.5) is 0 Å². The van der Waals surface area contributed by atoms with E-state index in [-0.39, 0.29) is 12.5 Å². The monoisotopic (exact) mass is 129 g/mol. The van der Waals surface area contributed by atoms with Crippen LogP contribution in [0.1, 0.15) is 13.3 Å². The molecule has 4 heteroatoms. The lowest BCUT2D eigenvalue weighted by Crippen LogP contribution is -2.13. The maximum atomic E-state index is 10.1. The third kappa shape index (κ3) is 4.18. The Morgan fingerprint density at radius 3 is 2.89 bits per heavy atom. The molecule has 0 bridgehead atoms. The van der Waals surface area contributed by atoms with Crippen LogP contribution < -0.4 is 5.73 Å². The number of aldehydes is 1. The van der Waals surface area contributed by atoms with E-state index in [1.54, 1.807) is 0 Å². The van der Waals surface area contributed by atoms with Crippen molar-refractivity contribution in [3.8, 4) is 0 Å².